The number of halogens is 4. The monoisotopic (exact) mass is 284 g/mol. The number of rotatable bonds is 4. The van der Waals surface area contributed by atoms with Gasteiger partial charge in [-0.15, -0.1) is 0 Å². The molecule has 0 N–H and O–H groups in total. The van der Waals surface area contributed by atoms with Crippen molar-refractivity contribution in [2.24, 2.45) is 0 Å². The van der Waals surface area contributed by atoms with E-state index >= 15 is 0 Å². The van der Waals surface area contributed by atoms with Gasteiger partial charge in [0.1, 0.15) is 11.6 Å². The summed E-state index contributed by atoms with van der Waals surface area (Å²) in [7, 11) is 0. The number of hydrogen-bond acceptors (Lipinski definition) is 2. The second kappa shape index (κ2) is 5.73. The Balaban J connectivity index is 2.15. The van der Waals surface area contributed by atoms with Crippen molar-refractivity contribution in [2.45, 2.75) is 0 Å². The summed E-state index contributed by atoms with van der Waals surface area (Å²) in [6.45, 7) is -0.807. The minimum absolute atomic E-state index is 0.505. The topological polar surface area (TPSA) is 26.3 Å². The molecule has 2 aromatic carbocycles. The first kappa shape index (κ1) is 14.0. The molecule has 104 valence electrons. The van der Waals surface area contributed by atoms with Crippen LogP contribution in [0.3, 0.4) is 0 Å². The molecule has 0 atom stereocenters. The van der Waals surface area contributed by atoms with Crippen LogP contribution < -0.4 is 4.74 Å². The van der Waals surface area contributed by atoms with Crippen molar-refractivity contribution in [1.82, 2.24) is 0 Å². The fraction of sp³-hybridized carbons (Fsp3) is 0.0714. The van der Waals surface area contributed by atoms with E-state index in [1.807, 2.05) is 0 Å². The van der Waals surface area contributed by atoms with Crippen LogP contribution in [-0.2, 0) is 0 Å². The maximum absolute atomic E-state index is 13.3. The van der Waals surface area contributed by atoms with Gasteiger partial charge in [0.05, 0.1) is 5.56 Å². The first-order valence-electron chi connectivity index (χ1n) is 5.54. The van der Waals surface area contributed by atoms with Crippen molar-refractivity contribution in [2.75, 3.05) is 6.61 Å². The molecule has 6 heteroatoms. The van der Waals surface area contributed by atoms with Gasteiger partial charge < -0.3 is 4.74 Å². The van der Waals surface area contributed by atoms with Gasteiger partial charge in [0.15, 0.2) is 18.2 Å². The van der Waals surface area contributed by atoms with Gasteiger partial charge in [0.25, 0.3) is 0 Å². The van der Waals surface area contributed by atoms with Gasteiger partial charge in [-0.2, -0.15) is 4.39 Å². The minimum atomic E-state index is -1.27. The van der Waals surface area contributed by atoms with Crippen molar-refractivity contribution in [3.8, 4) is 5.75 Å². The minimum Gasteiger partial charge on any atom is -0.482 e. The second-order valence-electron chi connectivity index (χ2n) is 3.86. The van der Waals surface area contributed by atoms with Crippen molar-refractivity contribution in [3.63, 3.8) is 0 Å². The normalized spacial score (nSPS) is 10.4. The Bertz CT molecular complexity index is 635. The summed E-state index contributed by atoms with van der Waals surface area (Å²) in [6.07, 6.45) is 0. The molecule has 0 radical (unpaired) electrons. The van der Waals surface area contributed by atoms with Crippen LogP contribution in [-0.4, -0.2) is 12.4 Å². The molecule has 0 heterocycles. The van der Waals surface area contributed by atoms with E-state index in [1.165, 1.54) is 6.07 Å². The first-order valence-corrected chi connectivity index (χ1v) is 5.54. The molecule has 2 nitrogen and oxygen atoms in total. The summed E-state index contributed by atoms with van der Waals surface area (Å²) in [5, 5.41) is 0. The standard InChI is InChI=1S/C14H8F4O2/c15-8-3-1-4-9(16)13(8)11(19)7-20-12-6-2-5-10(17)14(12)18/h1-6H,7H2. The molecule has 0 bridgehead atoms. The molecular weight excluding hydrogens is 276 g/mol. The molecule has 0 spiro atoms. The van der Waals surface area contributed by atoms with Crippen LogP contribution in [0, 0.1) is 23.3 Å². The average Bonchev–Trinajstić information content (AvgIpc) is 2.40. The van der Waals surface area contributed by atoms with E-state index in [0.29, 0.717) is 0 Å². The largest absolute Gasteiger partial charge is 0.482 e. The van der Waals surface area contributed by atoms with E-state index in [4.69, 9.17) is 4.74 Å². The third-order valence-corrected chi connectivity index (χ3v) is 2.52. The lowest BCUT2D eigenvalue weighted by atomic mass is 10.1. The summed E-state index contributed by atoms with van der Waals surface area (Å²) < 4.78 is 57.5. The Kier molecular flexibility index (Phi) is 4.02. The second-order valence-corrected chi connectivity index (χ2v) is 3.86. The highest BCUT2D eigenvalue weighted by Gasteiger charge is 2.18. The van der Waals surface area contributed by atoms with E-state index in [2.05, 4.69) is 0 Å². The van der Waals surface area contributed by atoms with Gasteiger partial charge in [-0.05, 0) is 24.3 Å². The summed E-state index contributed by atoms with van der Waals surface area (Å²) in [4.78, 5) is 11.6. The molecule has 0 fully saturated rings. The predicted octanol–water partition coefficient (Wildman–Crippen LogP) is 3.50. The zero-order chi connectivity index (χ0) is 14.7. The number of hydrogen-bond donors (Lipinski definition) is 0. The summed E-state index contributed by atoms with van der Waals surface area (Å²) in [5.74, 6) is -6.02. The van der Waals surface area contributed by atoms with Gasteiger partial charge in [0.2, 0.25) is 11.6 Å². The maximum atomic E-state index is 13.3. The lowest BCUT2D eigenvalue weighted by Gasteiger charge is -2.08. The smallest absolute Gasteiger partial charge is 0.206 e. The Morgan fingerprint density at radius 1 is 0.900 bits per heavy atom. The van der Waals surface area contributed by atoms with E-state index in [-0.39, 0.29) is 0 Å². The van der Waals surface area contributed by atoms with E-state index in [9.17, 15) is 22.4 Å². The summed E-state index contributed by atoms with van der Waals surface area (Å²) >= 11 is 0. The number of ether oxygens (including phenoxy) is 1. The van der Waals surface area contributed by atoms with Crippen molar-refractivity contribution in [3.05, 3.63) is 65.2 Å². The van der Waals surface area contributed by atoms with E-state index in [1.54, 1.807) is 0 Å². The van der Waals surface area contributed by atoms with Crippen LogP contribution in [0.4, 0.5) is 17.6 Å². The SMILES string of the molecule is O=C(COc1cccc(F)c1F)c1c(F)cccc1F. The molecule has 0 aliphatic heterocycles. The number of benzene rings is 2. The Morgan fingerprint density at radius 3 is 2.10 bits per heavy atom. The molecular formula is C14H8F4O2. The molecule has 0 aliphatic carbocycles. The van der Waals surface area contributed by atoms with Crippen molar-refractivity contribution in [1.29, 1.82) is 0 Å². The summed E-state index contributed by atoms with van der Waals surface area (Å²) in [5.41, 5.74) is -0.774. The lowest BCUT2D eigenvalue weighted by Crippen LogP contribution is -2.15. The highest BCUT2D eigenvalue weighted by Crippen LogP contribution is 2.20. The predicted molar refractivity (Wildman–Crippen MR) is 62.5 cm³/mol. The Labute approximate surface area is 111 Å². The Hall–Kier alpha value is -2.37. The van der Waals surface area contributed by atoms with Gasteiger partial charge in [-0.25, -0.2) is 13.2 Å². The van der Waals surface area contributed by atoms with Crippen molar-refractivity contribution >= 4 is 5.78 Å². The lowest BCUT2D eigenvalue weighted by molar-refractivity contribution is 0.0909. The summed E-state index contributed by atoms with van der Waals surface area (Å²) in [6, 6.07) is 6.10. The quantitative estimate of drug-likeness (QED) is 0.634. The zero-order valence-electron chi connectivity index (χ0n) is 10.00. The van der Waals surface area contributed by atoms with E-state index in [0.717, 1.165) is 30.3 Å². The fourth-order valence-electron chi connectivity index (χ4n) is 1.58. The molecule has 0 unspecified atom stereocenters. The highest BCUT2D eigenvalue weighted by molar-refractivity contribution is 5.97. The van der Waals surface area contributed by atoms with Crippen LogP contribution >= 0.6 is 0 Å². The van der Waals surface area contributed by atoms with Crippen LogP contribution in [0.15, 0.2) is 36.4 Å². The highest BCUT2D eigenvalue weighted by atomic mass is 19.2. The third-order valence-electron chi connectivity index (χ3n) is 2.52. The number of ketones is 1. The van der Waals surface area contributed by atoms with Gasteiger partial charge >= 0.3 is 0 Å². The molecule has 0 aromatic heterocycles. The molecule has 0 aliphatic rings. The van der Waals surface area contributed by atoms with Crippen LogP contribution in [0.25, 0.3) is 0 Å². The molecule has 0 saturated heterocycles. The van der Waals surface area contributed by atoms with Gasteiger partial charge in [-0.3, -0.25) is 4.79 Å². The fourth-order valence-corrected chi connectivity index (χ4v) is 1.58. The zero-order valence-corrected chi connectivity index (χ0v) is 10.00. The van der Waals surface area contributed by atoms with Crippen LogP contribution in [0.1, 0.15) is 10.4 Å². The van der Waals surface area contributed by atoms with Gasteiger partial charge in [0, 0.05) is 0 Å². The number of Topliss-reactive ketones (excluding diaryl/α,β-unsaturated/α-hetero) is 1. The molecule has 2 aromatic rings. The number of carbonyl (C=O) groups excluding carboxylic acids is 1. The maximum Gasteiger partial charge on any atom is 0.206 e. The molecule has 2 rings (SSSR count). The Morgan fingerprint density at radius 2 is 1.45 bits per heavy atom. The molecule has 0 amide bonds. The number of carbonyl (C=O) groups is 1. The van der Waals surface area contributed by atoms with E-state index < -0.39 is 47.0 Å². The van der Waals surface area contributed by atoms with Crippen LogP contribution in [0.2, 0.25) is 0 Å². The molecule has 20 heavy (non-hydrogen) atoms. The van der Waals surface area contributed by atoms with Gasteiger partial charge in [-0.1, -0.05) is 12.1 Å². The van der Waals surface area contributed by atoms with Crippen molar-refractivity contribution < 1.29 is 27.1 Å². The average molecular weight is 284 g/mol. The molecule has 0 saturated carbocycles. The van der Waals surface area contributed by atoms with Crippen LogP contribution in [0.5, 0.6) is 5.75 Å². The third kappa shape index (κ3) is 2.79. The first-order chi connectivity index (χ1) is 9.50.